The topological polar surface area (TPSA) is 37.4 Å². The molecule has 0 aliphatic heterocycles. The van der Waals surface area contributed by atoms with Gasteiger partial charge in [0, 0.05) is 31.0 Å². The standard InChI is InChI=1S/C20H27NO2/c1-2-3-15-6-8-17(9-7-15)19(22)12-13-20(23)21(18-10-11-18)14-16-4-5-16/h6-9,16,18H,2-5,10-14H2,1H3. The van der Waals surface area contributed by atoms with E-state index in [4.69, 9.17) is 0 Å². The van der Waals surface area contributed by atoms with Crippen LogP contribution in [-0.2, 0) is 11.2 Å². The summed E-state index contributed by atoms with van der Waals surface area (Å²) in [6, 6.07) is 8.33. The van der Waals surface area contributed by atoms with E-state index in [1.807, 2.05) is 24.3 Å². The molecule has 1 aromatic rings. The second kappa shape index (κ2) is 7.29. The molecule has 2 aliphatic carbocycles. The van der Waals surface area contributed by atoms with Gasteiger partial charge in [-0.25, -0.2) is 0 Å². The van der Waals surface area contributed by atoms with Crippen LogP contribution in [0.25, 0.3) is 0 Å². The van der Waals surface area contributed by atoms with E-state index in [1.54, 1.807) is 0 Å². The maximum absolute atomic E-state index is 12.4. The molecule has 0 unspecified atom stereocenters. The molecule has 2 saturated carbocycles. The molecular weight excluding hydrogens is 286 g/mol. The largest absolute Gasteiger partial charge is 0.339 e. The molecule has 0 atom stereocenters. The Morgan fingerprint density at radius 2 is 1.74 bits per heavy atom. The summed E-state index contributed by atoms with van der Waals surface area (Å²) in [5, 5.41) is 0. The Morgan fingerprint density at radius 1 is 1.04 bits per heavy atom. The van der Waals surface area contributed by atoms with Crippen molar-refractivity contribution in [3.05, 3.63) is 35.4 Å². The summed E-state index contributed by atoms with van der Waals surface area (Å²) in [6.07, 6.45) is 7.67. The molecule has 0 spiro atoms. The Morgan fingerprint density at radius 3 is 2.30 bits per heavy atom. The molecule has 2 aliphatic rings. The minimum atomic E-state index is 0.0866. The van der Waals surface area contributed by atoms with Crippen LogP contribution in [0.5, 0.6) is 0 Å². The van der Waals surface area contributed by atoms with Crippen LogP contribution in [-0.4, -0.2) is 29.2 Å². The molecule has 2 fully saturated rings. The lowest BCUT2D eigenvalue weighted by Crippen LogP contribution is -2.35. The highest BCUT2D eigenvalue weighted by Gasteiger charge is 2.36. The van der Waals surface area contributed by atoms with Crippen molar-refractivity contribution in [1.29, 1.82) is 0 Å². The van der Waals surface area contributed by atoms with Crippen molar-refractivity contribution in [2.24, 2.45) is 5.92 Å². The molecule has 0 heterocycles. The number of amides is 1. The molecule has 3 nitrogen and oxygen atoms in total. The summed E-state index contributed by atoms with van der Waals surface area (Å²) in [5.74, 6) is 0.986. The fourth-order valence-corrected chi connectivity index (χ4v) is 3.07. The van der Waals surface area contributed by atoms with Crippen molar-refractivity contribution < 1.29 is 9.59 Å². The van der Waals surface area contributed by atoms with Crippen LogP contribution in [0.2, 0.25) is 0 Å². The van der Waals surface area contributed by atoms with Crippen LogP contribution in [0.3, 0.4) is 0 Å². The van der Waals surface area contributed by atoms with Gasteiger partial charge in [-0.1, -0.05) is 37.6 Å². The molecule has 124 valence electrons. The maximum atomic E-state index is 12.4. The normalized spacial score (nSPS) is 17.1. The Balaban J connectivity index is 1.49. The smallest absolute Gasteiger partial charge is 0.223 e. The highest BCUT2D eigenvalue weighted by Crippen LogP contribution is 2.35. The highest BCUT2D eigenvalue weighted by atomic mass is 16.2. The van der Waals surface area contributed by atoms with Crippen molar-refractivity contribution in [3.63, 3.8) is 0 Å². The van der Waals surface area contributed by atoms with Crippen LogP contribution < -0.4 is 0 Å². The second-order valence-electron chi connectivity index (χ2n) is 7.09. The minimum absolute atomic E-state index is 0.0866. The Bertz CT molecular complexity index is 556. The van der Waals surface area contributed by atoms with E-state index in [0.717, 1.165) is 43.7 Å². The zero-order valence-corrected chi connectivity index (χ0v) is 14.1. The molecule has 0 bridgehead atoms. The summed E-state index contributed by atoms with van der Waals surface area (Å²) in [4.78, 5) is 26.8. The first-order valence-electron chi connectivity index (χ1n) is 9.09. The monoisotopic (exact) mass is 313 g/mol. The lowest BCUT2D eigenvalue weighted by Gasteiger charge is -2.22. The molecule has 3 rings (SSSR count). The zero-order chi connectivity index (χ0) is 16.2. The fraction of sp³-hybridized carbons (Fsp3) is 0.600. The summed E-state index contributed by atoms with van der Waals surface area (Å²) in [5.41, 5.74) is 2.00. The van der Waals surface area contributed by atoms with E-state index in [2.05, 4.69) is 11.8 Å². The van der Waals surface area contributed by atoms with Crippen molar-refractivity contribution >= 4 is 11.7 Å². The number of benzene rings is 1. The number of aryl methyl sites for hydroxylation is 1. The highest BCUT2D eigenvalue weighted by molar-refractivity contribution is 5.98. The second-order valence-corrected chi connectivity index (χ2v) is 7.09. The average molecular weight is 313 g/mol. The van der Waals surface area contributed by atoms with Gasteiger partial charge in [0.05, 0.1) is 0 Å². The molecule has 0 saturated heterocycles. The van der Waals surface area contributed by atoms with Crippen LogP contribution >= 0.6 is 0 Å². The SMILES string of the molecule is CCCc1ccc(C(=O)CCC(=O)N(CC2CC2)C2CC2)cc1. The van der Waals surface area contributed by atoms with Gasteiger partial charge in [-0.3, -0.25) is 9.59 Å². The predicted molar refractivity (Wildman–Crippen MR) is 91.5 cm³/mol. The number of carbonyl (C=O) groups is 2. The number of carbonyl (C=O) groups excluding carboxylic acids is 2. The molecule has 3 heteroatoms. The Kier molecular flexibility index (Phi) is 5.14. The molecule has 0 N–H and O–H groups in total. The number of Topliss-reactive ketones (excluding diaryl/α,β-unsaturated/α-hetero) is 1. The summed E-state index contributed by atoms with van der Waals surface area (Å²) >= 11 is 0. The van der Waals surface area contributed by atoms with Gasteiger partial charge < -0.3 is 4.90 Å². The van der Waals surface area contributed by atoms with Gasteiger partial charge in [-0.2, -0.15) is 0 Å². The van der Waals surface area contributed by atoms with E-state index >= 15 is 0 Å². The third kappa shape index (κ3) is 4.66. The lowest BCUT2D eigenvalue weighted by molar-refractivity contribution is -0.132. The molecule has 0 radical (unpaired) electrons. The van der Waals surface area contributed by atoms with E-state index in [0.29, 0.717) is 18.9 Å². The van der Waals surface area contributed by atoms with E-state index in [1.165, 1.54) is 18.4 Å². The summed E-state index contributed by atoms with van der Waals surface area (Å²) < 4.78 is 0. The third-order valence-electron chi connectivity index (χ3n) is 4.84. The van der Waals surface area contributed by atoms with Gasteiger partial charge in [0.25, 0.3) is 0 Å². The quantitative estimate of drug-likeness (QED) is 0.646. The van der Waals surface area contributed by atoms with Crippen LogP contribution in [0.1, 0.15) is 67.8 Å². The van der Waals surface area contributed by atoms with Gasteiger partial charge in [0.1, 0.15) is 0 Å². The number of rotatable bonds is 9. The predicted octanol–water partition coefficient (Wildman–Crippen LogP) is 4.00. The Labute approximate surface area is 139 Å². The van der Waals surface area contributed by atoms with Gasteiger partial charge in [0.2, 0.25) is 5.91 Å². The number of nitrogens with zero attached hydrogens (tertiary/aromatic N) is 1. The first-order chi connectivity index (χ1) is 11.2. The molecule has 1 amide bonds. The zero-order valence-electron chi connectivity index (χ0n) is 14.1. The Hall–Kier alpha value is -1.64. The van der Waals surface area contributed by atoms with Crippen LogP contribution in [0.4, 0.5) is 0 Å². The number of ketones is 1. The maximum Gasteiger partial charge on any atom is 0.223 e. The van der Waals surface area contributed by atoms with Gasteiger partial charge in [-0.05, 0) is 43.6 Å². The van der Waals surface area contributed by atoms with Gasteiger partial charge in [-0.15, -0.1) is 0 Å². The third-order valence-corrected chi connectivity index (χ3v) is 4.84. The van der Waals surface area contributed by atoms with Gasteiger partial charge in [0.15, 0.2) is 5.78 Å². The van der Waals surface area contributed by atoms with Crippen molar-refractivity contribution in [2.75, 3.05) is 6.54 Å². The lowest BCUT2D eigenvalue weighted by atomic mass is 10.0. The van der Waals surface area contributed by atoms with Gasteiger partial charge >= 0.3 is 0 Å². The first kappa shape index (κ1) is 16.2. The summed E-state index contributed by atoms with van der Waals surface area (Å²) in [7, 11) is 0. The van der Waals surface area contributed by atoms with Crippen molar-refractivity contribution in [2.45, 2.75) is 64.3 Å². The van der Waals surface area contributed by atoms with Crippen molar-refractivity contribution in [3.8, 4) is 0 Å². The first-order valence-corrected chi connectivity index (χ1v) is 9.09. The number of hydrogen-bond acceptors (Lipinski definition) is 2. The minimum Gasteiger partial charge on any atom is -0.339 e. The fourth-order valence-electron chi connectivity index (χ4n) is 3.07. The average Bonchev–Trinajstić information content (AvgIpc) is 3.45. The van der Waals surface area contributed by atoms with Crippen LogP contribution in [0, 0.1) is 5.92 Å². The van der Waals surface area contributed by atoms with Crippen molar-refractivity contribution in [1.82, 2.24) is 4.90 Å². The van der Waals surface area contributed by atoms with E-state index in [-0.39, 0.29) is 11.7 Å². The van der Waals surface area contributed by atoms with E-state index < -0.39 is 0 Å². The summed E-state index contributed by atoms with van der Waals surface area (Å²) in [6.45, 7) is 3.07. The molecule has 0 aromatic heterocycles. The molecule has 1 aromatic carbocycles. The molecule has 23 heavy (non-hydrogen) atoms. The van der Waals surface area contributed by atoms with Crippen LogP contribution in [0.15, 0.2) is 24.3 Å². The molecular formula is C20H27NO2. The van der Waals surface area contributed by atoms with E-state index in [9.17, 15) is 9.59 Å². The number of hydrogen-bond donors (Lipinski definition) is 0.